The topological polar surface area (TPSA) is 20.2 Å². The van der Waals surface area contributed by atoms with Crippen molar-refractivity contribution in [2.45, 2.75) is 39.7 Å². The van der Waals surface area contributed by atoms with E-state index >= 15 is 0 Å². The highest BCUT2D eigenvalue weighted by atomic mass is 16.3. The van der Waals surface area contributed by atoms with Crippen molar-refractivity contribution in [1.29, 1.82) is 0 Å². The van der Waals surface area contributed by atoms with Crippen molar-refractivity contribution in [3.8, 4) is 0 Å². The normalized spacial score (nSPS) is 20.0. The van der Waals surface area contributed by atoms with Gasteiger partial charge in [-0.2, -0.15) is 0 Å². The van der Waals surface area contributed by atoms with E-state index in [1.54, 1.807) is 0 Å². The van der Waals surface area contributed by atoms with Crippen molar-refractivity contribution < 1.29 is 5.11 Å². The molecule has 0 radical (unpaired) electrons. The maximum Gasteiger partial charge on any atom is 0.0820 e. The maximum absolute atomic E-state index is 10.3. The molecular weight excluding hydrogens is 184 g/mol. The van der Waals surface area contributed by atoms with Crippen molar-refractivity contribution in [2.75, 3.05) is 0 Å². The molecule has 0 bridgehead atoms. The molecule has 1 aliphatic rings. The Morgan fingerprint density at radius 2 is 1.93 bits per heavy atom. The standard InChI is InChI=1S/C14H20O/c1-9-4-5-10(2)13(8-9)14(15)11(3)12-6-7-12/h4-5,8,11-12,14-15H,6-7H2,1-3H3. The van der Waals surface area contributed by atoms with Gasteiger partial charge in [0, 0.05) is 0 Å². The van der Waals surface area contributed by atoms with Crippen LogP contribution >= 0.6 is 0 Å². The smallest absolute Gasteiger partial charge is 0.0820 e. The molecule has 0 heterocycles. The Labute approximate surface area is 92.1 Å². The van der Waals surface area contributed by atoms with Crippen molar-refractivity contribution in [2.24, 2.45) is 11.8 Å². The zero-order chi connectivity index (χ0) is 11.0. The van der Waals surface area contributed by atoms with E-state index < -0.39 is 0 Å². The minimum atomic E-state index is -0.280. The van der Waals surface area contributed by atoms with E-state index in [2.05, 4.69) is 39.0 Å². The Kier molecular flexibility index (Phi) is 2.83. The summed E-state index contributed by atoms with van der Waals surface area (Å²) in [7, 11) is 0. The summed E-state index contributed by atoms with van der Waals surface area (Å²) in [5, 5.41) is 10.3. The number of aliphatic hydroxyl groups excluding tert-OH is 1. The van der Waals surface area contributed by atoms with Crippen LogP contribution in [0.5, 0.6) is 0 Å². The molecule has 2 atom stereocenters. The van der Waals surface area contributed by atoms with Crippen molar-refractivity contribution >= 4 is 0 Å². The van der Waals surface area contributed by atoms with Crippen LogP contribution < -0.4 is 0 Å². The van der Waals surface area contributed by atoms with Gasteiger partial charge >= 0.3 is 0 Å². The lowest BCUT2D eigenvalue weighted by atomic mass is 9.90. The van der Waals surface area contributed by atoms with Crippen LogP contribution in [0.4, 0.5) is 0 Å². The first-order valence-corrected chi connectivity index (χ1v) is 5.85. The Bertz CT molecular complexity index is 352. The predicted molar refractivity (Wildman–Crippen MR) is 62.8 cm³/mol. The summed E-state index contributed by atoms with van der Waals surface area (Å²) >= 11 is 0. The number of rotatable bonds is 3. The number of hydrogen-bond donors (Lipinski definition) is 1. The van der Waals surface area contributed by atoms with Crippen LogP contribution in [0.1, 0.15) is 42.6 Å². The second-order valence-electron chi connectivity index (χ2n) is 5.00. The van der Waals surface area contributed by atoms with Crippen LogP contribution in [-0.2, 0) is 0 Å². The van der Waals surface area contributed by atoms with E-state index in [1.807, 2.05) is 0 Å². The lowest BCUT2D eigenvalue weighted by molar-refractivity contribution is 0.105. The van der Waals surface area contributed by atoms with Crippen molar-refractivity contribution in [1.82, 2.24) is 0 Å². The van der Waals surface area contributed by atoms with E-state index in [9.17, 15) is 5.11 Å². The largest absolute Gasteiger partial charge is 0.388 e. The third-order valence-corrected chi connectivity index (χ3v) is 3.62. The van der Waals surface area contributed by atoms with E-state index in [4.69, 9.17) is 0 Å². The van der Waals surface area contributed by atoms with Crippen molar-refractivity contribution in [3.05, 3.63) is 34.9 Å². The summed E-state index contributed by atoms with van der Waals surface area (Å²) in [5.74, 6) is 1.16. The monoisotopic (exact) mass is 204 g/mol. The average molecular weight is 204 g/mol. The van der Waals surface area contributed by atoms with Crippen LogP contribution in [0.2, 0.25) is 0 Å². The third-order valence-electron chi connectivity index (χ3n) is 3.62. The highest BCUT2D eigenvalue weighted by Gasteiger charge is 2.33. The van der Waals surface area contributed by atoms with Crippen LogP contribution in [0, 0.1) is 25.7 Å². The first kappa shape index (κ1) is 10.7. The van der Waals surface area contributed by atoms with E-state index in [0.717, 1.165) is 11.5 Å². The van der Waals surface area contributed by atoms with Gasteiger partial charge in [0.1, 0.15) is 0 Å². The Morgan fingerprint density at radius 1 is 1.27 bits per heavy atom. The second-order valence-corrected chi connectivity index (χ2v) is 5.00. The highest BCUT2D eigenvalue weighted by molar-refractivity contribution is 5.32. The third kappa shape index (κ3) is 2.23. The SMILES string of the molecule is Cc1ccc(C)c(C(O)C(C)C2CC2)c1. The quantitative estimate of drug-likeness (QED) is 0.800. The molecule has 1 nitrogen and oxygen atoms in total. The summed E-state index contributed by atoms with van der Waals surface area (Å²) in [6.45, 7) is 6.33. The summed E-state index contributed by atoms with van der Waals surface area (Å²) in [4.78, 5) is 0. The van der Waals surface area contributed by atoms with Gasteiger partial charge in [0.2, 0.25) is 0 Å². The minimum absolute atomic E-state index is 0.280. The minimum Gasteiger partial charge on any atom is -0.388 e. The molecule has 1 aromatic rings. The Balaban J connectivity index is 2.23. The van der Waals surface area contributed by atoms with Gasteiger partial charge < -0.3 is 5.11 Å². The summed E-state index contributed by atoms with van der Waals surface area (Å²) in [6.07, 6.45) is 2.31. The molecule has 0 amide bonds. The molecule has 0 aromatic heterocycles. The highest BCUT2D eigenvalue weighted by Crippen LogP contribution is 2.43. The van der Waals surface area contributed by atoms with E-state index in [0.29, 0.717) is 5.92 Å². The Morgan fingerprint density at radius 3 is 2.53 bits per heavy atom. The fraction of sp³-hybridized carbons (Fsp3) is 0.571. The molecule has 0 aliphatic heterocycles. The molecule has 1 aromatic carbocycles. The fourth-order valence-corrected chi connectivity index (χ4v) is 2.24. The molecule has 0 saturated heterocycles. The molecule has 2 unspecified atom stereocenters. The molecule has 0 spiro atoms. The Hall–Kier alpha value is -0.820. The van der Waals surface area contributed by atoms with Crippen LogP contribution in [0.3, 0.4) is 0 Å². The van der Waals surface area contributed by atoms with Gasteiger partial charge in [-0.25, -0.2) is 0 Å². The van der Waals surface area contributed by atoms with Crippen LogP contribution in [0.15, 0.2) is 18.2 Å². The summed E-state index contributed by atoms with van der Waals surface area (Å²) in [6, 6.07) is 6.33. The van der Waals surface area contributed by atoms with Crippen LogP contribution in [0.25, 0.3) is 0 Å². The molecule has 15 heavy (non-hydrogen) atoms. The maximum atomic E-state index is 10.3. The molecule has 82 valence electrons. The van der Waals surface area contributed by atoms with Gasteiger partial charge in [-0.1, -0.05) is 30.7 Å². The number of aryl methyl sites for hydroxylation is 2. The molecule has 1 fully saturated rings. The molecule has 1 aliphatic carbocycles. The van der Waals surface area contributed by atoms with Gasteiger partial charge in [0.25, 0.3) is 0 Å². The average Bonchev–Trinajstić information content (AvgIpc) is 3.03. The molecule has 1 N–H and O–H groups in total. The first-order chi connectivity index (χ1) is 7.09. The lowest BCUT2D eigenvalue weighted by Gasteiger charge is -2.21. The predicted octanol–water partition coefficient (Wildman–Crippen LogP) is 3.38. The second kappa shape index (κ2) is 3.97. The number of hydrogen-bond acceptors (Lipinski definition) is 1. The van der Waals surface area contributed by atoms with Crippen molar-refractivity contribution in [3.63, 3.8) is 0 Å². The van der Waals surface area contributed by atoms with Gasteiger partial charge in [0.05, 0.1) is 6.10 Å². The lowest BCUT2D eigenvalue weighted by Crippen LogP contribution is -2.12. The molecular formula is C14H20O. The van der Waals surface area contributed by atoms with E-state index in [1.165, 1.54) is 24.0 Å². The summed E-state index contributed by atoms with van der Waals surface area (Å²) < 4.78 is 0. The fourth-order valence-electron chi connectivity index (χ4n) is 2.24. The van der Waals surface area contributed by atoms with Gasteiger partial charge in [-0.3, -0.25) is 0 Å². The zero-order valence-corrected chi connectivity index (χ0v) is 9.83. The van der Waals surface area contributed by atoms with E-state index in [-0.39, 0.29) is 6.10 Å². The molecule has 1 saturated carbocycles. The van der Waals surface area contributed by atoms with Gasteiger partial charge in [-0.15, -0.1) is 0 Å². The van der Waals surface area contributed by atoms with Crippen LogP contribution in [-0.4, -0.2) is 5.11 Å². The van der Waals surface area contributed by atoms with Gasteiger partial charge in [0.15, 0.2) is 0 Å². The zero-order valence-electron chi connectivity index (χ0n) is 9.83. The summed E-state index contributed by atoms with van der Waals surface area (Å²) in [5.41, 5.74) is 3.56. The number of benzene rings is 1. The molecule has 1 heteroatoms. The number of aliphatic hydroxyl groups is 1. The van der Waals surface area contributed by atoms with Gasteiger partial charge in [-0.05, 0) is 49.7 Å². The molecule has 2 rings (SSSR count). The first-order valence-electron chi connectivity index (χ1n) is 5.85.